The molecular weight excluding hydrogens is 400 g/mol. The molecule has 0 aliphatic heterocycles. The fourth-order valence-corrected chi connectivity index (χ4v) is 4.93. The highest BCUT2D eigenvalue weighted by Gasteiger charge is 2.25. The number of para-hydroxylation sites is 2. The Bertz CT molecular complexity index is 1450. The van der Waals surface area contributed by atoms with Crippen molar-refractivity contribution in [2.75, 3.05) is 0 Å². The van der Waals surface area contributed by atoms with E-state index in [1.165, 1.54) is 38.6 Å². The molecule has 0 atom stereocenters. The van der Waals surface area contributed by atoms with Crippen LogP contribution in [0.15, 0.2) is 89.3 Å². The highest BCUT2D eigenvalue weighted by atomic mass is 16.3. The van der Waals surface area contributed by atoms with Crippen LogP contribution < -0.4 is 0 Å². The fraction of sp³-hybridized carbons (Fsp3) is 0.250. The third-order valence-corrected chi connectivity index (χ3v) is 6.57. The molecule has 1 heteroatoms. The second-order valence-corrected chi connectivity index (χ2v) is 11.1. The molecule has 0 amide bonds. The van der Waals surface area contributed by atoms with Crippen molar-refractivity contribution in [3.63, 3.8) is 0 Å². The molecule has 0 N–H and O–H groups in total. The molecule has 1 nitrogen and oxygen atoms in total. The van der Waals surface area contributed by atoms with Gasteiger partial charge in [-0.1, -0.05) is 120 Å². The van der Waals surface area contributed by atoms with Crippen LogP contribution in [-0.2, 0) is 10.8 Å². The van der Waals surface area contributed by atoms with Crippen LogP contribution in [0.1, 0.15) is 52.7 Å². The Kier molecular flexibility index (Phi) is 4.97. The van der Waals surface area contributed by atoms with Gasteiger partial charge in [-0.3, -0.25) is 0 Å². The predicted octanol–water partition coefficient (Wildman–Crippen LogP) is 9.51. The van der Waals surface area contributed by atoms with Gasteiger partial charge in [0.05, 0.1) is 0 Å². The first-order valence-corrected chi connectivity index (χ1v) is 11.8. The topological polar surface area (TPSA) is 13.1 Å². The Balaban J connectivity index is 1.77. The highest BCUT2D eigenvalue weighted by molar-refractivity contribution is 6.10. The molecule has 33 heavy (non-hydrogen) atoms. The molecule has 1 heterocycles. The first kappa shape index (κ1) is 21.5. The Morgan fingerprint density at radius 1 is 0.515 bits per heavy atom. The van der Waals surface area contributed by atoms with Gasteiger partial charge in [0.25, 0.3) is 0 Å². The number of benzene rings is 4. The smallest absolute Gasteiger partial charge is 0.143 e. The van der Waals surface area contributed by atoms with E-state index >= 15 is 0 Å². The Morgan fingerprint density at radius 3 is 1.82 bits per heavy atom. The zero-order valence-electron chi connectivity index (χ0n) is 20.5. The Hall–Kier alpha value is -3.32. The van der Waals surface area contributed by atoms with Crippen molar-refractivity contribution in [2.45, 2.75) is 52.4 Å². The largest absolute Gasteiger partial charge is 0.455 e. The molecule has 0 unspecified atom stereocenters. The maximum Gasteiger partial charge on any atom is 0.143 e. The summed E-state index contributed by atoms with van der Waals surface area (Å²) in [6.45, 7) is 13.7. The first-order valence-electron chi connectivity index (χ1n) is 11.8. The summed E-state index contributed by atoms with van der Waals surface area (Å²) in [7, 11) is 0. The van der Waals surface area contributed by atoms with Crippen LogP contribution in [0.3, 0.4) is 0 Å². The summed E-state index contributed by atoms with van der Waals surface area (Å²) in [4.78, 5) is 0. The van der Waals surface area contributed by atoms with Crippen LogP contribution in [0, 0.1) is 0 Å². The van der Waals surface area contributed by atoms with E-state index in [0.717, 1.165) is 16.7 Å². The minimum Gasteiger partial charge on any atom is -0.455 e. The van der Waals surface area contributed by atoms with Gasteiger partial charge in [-0.2, -0.15) is 0 Å². The lowest BCUT2D eigenvalue weighted by Crippen LogP contribution is -2.15. The van der Waals surface area contributed by atoms with E-state index in [1.807, 2.05) is 6.07 Å². The zero-order chi connectivity index (χ0) is 23.4. The molecular formula is C32H32O. The molecule has 0 aliphatic rings. The molecule has 0 bridgehead atoms. The molecule has 0 aliphatic carbocycles. The maximum atomic E-state index is 6.40. The minimum atomic E-state index is -0.0389. The first-order chi connectivity index (χ1) is 15.6. The lowest BCUT2D eigenvalue weighted by Gasteiger charge is -2.27. The zero-order valence-corrected chi connectivity index (χ0v) is 20.5. The van der Waals surface area contributed by atoms with Gasteiger partial charge in [-0.25, -0.2) is 0 Å². The van der Waals surface area contributed by atoms with Crippen LogP contribution in [-0.4, -0.2) is 0 Å². The van der Waals surface area contributed by atoms with Gasteiger partial charge in [-0.15, -0.1) is 0 Å². The van der Waals surface area contributed by atoms with Crippen molar-refractivity contribution in [1.29, 1.82) is 0 Å². The van der Waals surface area contributed by atoms with E-state index in [2.05, 4.69) is 120 Å². The van der Waals surface area contributed by atoms with Crippen molar-refractivity contribution in [2.24, 2.45) is 0 Å². The van der Waals surface area contributed by atoms with Crippen LogP contribution in [0.4, 0.5) is 0 Å². The van der Waals surface area contributed by atoms with Gasteiger partial charge in [0.1, 0.15) is 11.2 Å². The van der Waals surface area contributed by atoms with Crippen LogP contribution in [0.2, 0.25) is 0 Å². The van der Waals surface area contributed by atoms with Crippen molar-refractivity contribution in [3.8, 4) is 22.3 Å². The summed E-state index contributed by atoms with van der Waals surface area (Å²) in [5, 5.41) is 2.34. The molecule has 4 aromatic carbocycles. The third kappa shape index (κ3) is 3.76. The molecule has 0 saturated heterocycles. The van der Waals surface area contributed by atoms with Crippen molar-refractivity contribution < 1.29 is 4.42 Å². The third-order valence-electron chi connectivity index (χ3n) is 6.57. The summed E-state index contributed by atoms with van der Waals surface area (Å²) in [6, 6.07) is 30.6. The molecule has 5 rings (SSSR count). The van der Waals surface area contributed by atoms with E-state index in [9.17, 15) is 0 Å². The van der Waals surface area contributed by atoms with Gasteiger partial charge < -0.3 is 4.42 Å². The minimum absolute atomic E-state index is 0.0389. The Labute approximate surface area is 197 Å². The summed E-state index contributed by atoms with van der Waals surface area (Å²) in [5.41, 5.74) is 9.64. The average Bonchev–Trinajstić information content (AvgIpc) is 3.16. The average molecular weight is 433 g/mol. The highest BCUT2D eigenvalue weighted by Crippen LogP contribution is 2.44. The van der Waals surface area contributed by atoms with Crippen LogP contribution in [0.25, 0.3) is 44.2 Å². The lowest BCUT2D eigenvalue weighted by atomic mass is 9.76. The molecule has 1 aromatic heterocycles. The summed E-state index contributed by atoms with van der Waals surface area (Å²) >= 11 is 0. The van der Waals surface area contributed by atoms with E-state index in [-0.39, 0.29) is 10.8 Å². The van der Waals surface area contributed by atoms with Gasteiger partial charge in [0, 0.05) is 16.3 Å². The number of furan rings is 1. The number of fused-ring (bicyclic) bond motifs is 3. The molecule has 0 radical (unpaired) electrons. The van der Waals surface area contributed by atoms with E-state index < -0.39 is 0 Å². The quantitative estimate of drug-likeness (QED) is 0.271. The normalized spacial score (nSPS) is 12.5. The van der Waals surface area contributed by atoms with Gasteiger partial charge >= 0.3 is 0 Å². The maximum absolute atomic E-state index is 6.40. The molecule has 0 spiro atoms. The predicted molar refractivity (Wildman–Crippen MR) is 142 cm³/mol. The van der Waals surface area contributed by atoms with Crippen LogP contribution >= 0.6 is 0 Å². The second-order valence-electron chi connectivity index (χ2n) is 11.1. The molecule has 0 fully saturated rings. The SMILES string of the molecule is CC(C)(C)c1ccc(-c2cccc(-c3cccc4c3oc3ccccc34)c2C(C)(C)C)cc1. The molecule has 0 saturated carbocycles. The standard InChI is InChI=1S/C32H32O/c1-31(2,3)22-19-17-21(18-20-22)23-12-9-13-25(29(23)32(4,5)6)27-15-10-14-26-24-11-7-8-16-28(24)33-30(26)27/h7-20H,1-6H3. The molecule has 5 aromatic rings. The monoisotopic (exact) mass is 432 g/mol. The number of rotatable bonds is 2. The van der Waals surface area contributed by atoms with E-state index in [0.29, 0.717) is 0 Å². The summed E-state index contributed by atoms with van der Waals surface area (Å²) in [6.07, 6.45) is 0. The van der Waals surface area contributed by atoms with Crippen molar-refractivity contribution in [3.05, 3.63) is 96.1 Å². The summed E-state index contributed by atoms with van der Waals surface area (Å²) < 4.78 is 6.40. The Morgan fingerprint density at radius 2 is 1.12 bits per heavy atom. The van der Waals surface area contributed by atoms with E-state index in [4.69, 9.17) is 4.42 Å². The van der Waals surface area contributed by atoms with Crippen molar-refractivity contribution in [1.82, 2.24) is 0 Å². The van der Waals surface area contributed by atoms with Crippen LogP contribution in [0.5, 0.6) is 0 Å². The van der Waals surface area contributed by atoms with Gasteiger partial charge in [0.15, 0.2) is 0 Å². The number of hydrogen-bond donors (Lipinski definition) is 0. The fourth-order valence-electron chi connectivity index (χ4n) is 4.93. The van der Waals surface area contributed by atoms with Gasteiger partial charge in [-0.05, 0) is 44.7 Å². The second kappa shape index (κ2) is 7.63. The van der Waals surface area contributed by atoms with E-state index in [1.54, 1.807) is 0 Å². The van der Waals surface area contributed by atoms with Crippen molar-refractivity contribution >= 4 is 21.9 Å². The van der Waals surface area contributed by atoms with Gasteiger partial charge in [0.2, 0.25) is 0 Å². The lowest BCUT2D eigenvalue weighted by molar-refractivity contribution is 0.589. The molecule has 166 valence electrons. The summed E-state index contributed by atoms with van der Waals surface area (Å²) in [5.74, 6) is 0. The number of hydrogen-bond acceptors (Lipinski definition) is 1.